The number of β-amino-alcohol motifs (C(OH)–C–C–N with tert-alkyl or cyclic N) is 1. The fourth-order valence-corrected chi connectivity index (χ4v) is 5.10. The molecule has 1 atom stereocenters. The summed E-state index contributed by atoms with van der Waals surface area (Å²) < 4.78 is 0. The third kappa shape index (κ3) is 3.80. The van der Waals surface area contributed by atoms with Crippen molar-refractivity contribution in [1.82, 2.24) is 19.7 Å². The first-order valence-corrected chi connectivity index (χ1v) is 10.3. The van der Waals surface area contributed by atoms with Crippen LogP contribution in [0.2, 0.25) is 0 Å². The molecule has 4 rings (SSSR count). The van der Waals surface area contributed by atoms with E-state index in [1.54, 1.807) is 6.92 Å². The number of thiazole rings is 1. The number of Topliss-reactive ketones (excluding diaryl/α,β-unsaturated/α-hetero) is 1. The topological polar surface area (TPSA) is 59.9 Å². The number of aliphatic hydroxyl groups excluding tert-OH is 1. The molecule has 0 spiro atoms. The Balaban J connectivity index is 1.28. The van der Waals surface area contributed by atoms with Crippen LogP contribution >= 0.6 is 11.3 Å². The van der Waals surface area contributed by atoms with Crippen LogP contribution in [0.4, 0.5) is 0 Å². The highest BCUT2D eigenvalue weighted by Crippen LogP contribution is 2.27. The van der Waals surface area contributed by atoms with E-state index in [1.807, 2.05) is 0 Å². The van der Waals surface area contributed by atoms with Gasteiger partial charge in [0.05, 0.1) is 5.69 Å². The van der Waals surface area contributed by atoms with E-state index < -0.39 is 6.23 Å². The summed E-state index contributed by atoms with van der Waals surface area (Å²) in [6, 6.07) is 0.807. The second-order valence-electron chi connectivity index (χ2n) is 7.57. The number of nitrogens with zero attached hydrogens (tertiary/aromatic N) is 4. The van der Waals surface area contributed by atoms with Crippen LogP contribution in [-0.2, 0) is 13.0 Å². The maximum absolute atomic E-state index is 11.5. The zero-order valence-corrected chi connectivity index (χ0v) is 15.8. The Hall–Kier alpha value is -0.860. The number of aromatic nitrogens is 1. The molecule has 2 aliphatic heterocycles. The van der Waals surface area contributed by atoms with Crippen LogP contribution in [0.1, 0.15) is 46.6 Å². The first kappa shape index (κ1) is 17.5. The normalized spacial score (nSPS) is 24.7. The molecule has 1 aliphatic carbocycles. The molecule has 1 N–H and O–H groups in total. The average molecular weight is 365 g/mol. The highest BCUT2D eigenvalue weighted by Gasteiger charge is 2.31. The molecule has 1 saturated heterocycles. The molecule has 1 aromatic heterocycles. The highest BCUT2D eigenvalue weighted by atomic mass is 32.1. The fourth-order valence-electron chi connectivity index (χ4n) is 4.05. The molecule has 6 nitrogen and oxygen atoms in total. The zero-order chi connectivity index (χ0) is 17.4. The van der Waals surface area contributed by atoms with Crippen LogP contribution < -0.4 is 0 Å². The summed E-state index contributed by atoms with van der Waals surface area (Å²) in [5, 5.41) is 11.3. The summed E-state index contributed by atoms with van der Waals surface area (Å²) in [6.45, 7) is 8.07. The second-order valence-corrected chi connectivity index (χ2v) is 8.65. The van der Waals surface area contributed by atoms with Crippen LogP contribution in [0.3, 0.4) is 0 Å². The van der Waals surface area contributed by atoms with E-state index in [4.69, 9.17) is 0 Å². The van der Waals surface area contributed by atoms with Gasteiger partial charge in [-0.25, -0.2) is 4.98 Å². The average Bonchev–Trinajstić information content (AvgIpc) is 2.97. The van der Waals surface area contributed by atoms with Gasteiger partial charge in [0.15, 0.2) is 10.8 Å². The molecule has 25 heavy (non-hydrogen) atoms. The van der Waals surface area contributed by atoms with Crippen molar-refractivity contribution >= 4 is 17.1 Å². The number of aliphatic hydroxyl groups is 1. The van der Waals surface area contributed by atoms with Crippen LogP contribution in [0, 0.1) is 0 Å². The van der Waals surface area contributed by atoms with Gasteiger partial charge in [0.1, 0.15) is 6.23 Å². The molecule has 1 aromatic rings. The molecule has 2 fully saturated rings. The lowest BCUT2D eigenvalue weighted by atomic mass is 9.91. The van der Waals surface area contributed by atoms with Crippen molar-refractivity contribution in [1.29, 1.82) is 0 Å². The summed E-state index contributed by atoms with van der Waals surface area (Å²) >= 11 is 1.52. The van der Waals surface area contributed by atoms with Crippen molar-refractivity contribution < 1.29 is 9.90 Å². The van der Waals surface area contributed by atoms with Crippen molar-refractivity contribution in [2.45, 2.75) is 51.4 Å². The SMILES string of the molecule is CC(=O)c1nc2c(s1)CN(C[C@H](O)N1CCN(C3CCC3)CC1)CC2. The summed E-state index contributed by atoms with van der Waals surface area (Å²) in [5.74, 6) is 0.0512. The molecule has 3 aliphatic rings. The monoisotopic (exact) mass is 364 g/mol. The molecular formula is C18H28N4O2S. The van der Waals surface area contributed by atoms with Gasteiger partial charge >= 0.3 is 0 Å². The van der Waals surface area contributed by atoms with Gasteiger partial charge in [0.25, 0.3) is 0 Å². The minimum absolute atomic E-state index is 0.0512. The standard InChI is InChI=1S/C18H28N4O2S/c1-13(23)18-19-15-5-6-20(11-16(15)25-18)12-17(24)22-9-7-21(8-10-22)14-3-2-4-14/h14,17,24H,2-12H2,1H3/t17-/m0/s1. The molecule has 0 aromatic carbocycles. The Morgan fingerprint density at radius 3 is 2.68 bits per heavy atom. The third-order valence-electron chi connectivity index (χ3n) is 5.89. The lowest BCUT2D eigenvalue weighted by molar-refractivity contribution is -0.0559. The van der Waals surface area contributed by atoms with E-state index in [-0.39, 0.29) is 5.78 Å². The number of fused-ring (bicyclic) bond motifs is 1. The molecule has 0 bridgehead atoms. The van der Waals surface area contributed by atoms with Gasteiger partial charge in [0.2, 0.25) is 0 Å². The van der Waals surface area contributed by atoms with Crippen molar-refractivity contribution in [3.63, 3.8) is 0 Å². The van der Waals surface area contributed by atoms with E-state index in [0.717, 1.165) is 57.4 Å². The number of ketones is 1. The van der Waals surface area contributed by atoms with Gasteiger partial charge in [-0.05, 0) is 12.8 Å². The van der Waals surface area contributed by atoms with E-state index in [1.165, 1.54) is 35.5 Å². The minimum Gasteiger partial charge on any atom is -0.377 e. The van der Waals surface area contributed by atoms with E-state index in [9.17, 15) is 9.90 Å². The number of hydrogen-bond acceptors (Lipinski definition) is 7. The van der Waals surface area contributed by atoms with E-state index in [2.05, 4.69) is 19.7 Å². The Morgan fingerprint density at radius 1 is 1.28 bits per heavy atom. The maximum Gasteiger partial charge on any atom is 0.188 e. The van der Waals surface area contributed by atoms with E-state index >= 15 is 0 Å². The van der Waals surface area contributed by atoms with Crippen molar-refractivity contribution in [2.75, 3.05) is 39.3 Å². The zero-order valence-electron chi connectivity index (χ0n) is 15.0. The molecule has 138 valence electrons. The van der Waals surface area contributed by atoms with Gasteiger partial charge in [-0.1, -0.05) is 6.42 Å². The Bertz CT molecular complexity index is 623. The Labute approximate surface area is 153 Å². The first-order chi connectivity index (χ1) is 12.1. The van der Waals surface area contributed by atoms with Crippen molar-refractivity contribution in [3.05, 3.63) is 15.6 Å². The minimum atomic E-state index is -0.398. The van der Waals surface area contributed by atoms with Gasteiger partial charge in [-0.15, -0.1) is 11.3 Å². The van der Waals surface area contributed by atoms with Gasteiger partial charge in [-0.2, -0.15) is 0 Å². The Morgan fingerprint density at radius 2 is 2.04 bits per heavy atom. The van der Waals surface area contributed by atoms with E-state index in [0.29, 0.717) is 11.6 Å². The highest BCUT2D eigenvalue weighted by molar-refractivity contribution is 7.13. The van der Waals surface area contributed by atoms with Crippen molar-refractivity contribution in [3.8, 4) is 0 Å². The fraction of sp³-hybridized carbons (Fsp3) is 0.778. The predicted octanol–water partition coefficient (Wildman–Crippen LogP) is 1.19. The first-order valence-electron chi connectivity index (χ1n) is 9.48. The molecule has 0 radical (unpaired) electrons. The van der Waals surface area contributed by atoms with Gasteiger partial charge in [0, 0.05) is 70.1 Å². The number of piperazine rings is 1. The lowest BCUT2D eigenvalue weighted by Gasteiger charge is -2.44. The third-order valence-corrected chi connectivity index (χ3v) is 7.08. The summed E-state index contributed by atoms with van der Waals surface area (Å²) in [7, 11) is 0. The van der Waals surface area contributed by atoms with Gasteiger partial charge < -0.3 is 5.11 Å². The number of rotatable bonds is 5. The summed E-state index contributed by atoms with van der Waals surface area (Å²) in [4.78, 5) is 24.3. The molecule has 3 heterocycles. The number of carbonyl (C=O) groups excluding carboxylic acids is 1. The summed E-state index contributed by atoms with van der Waals surface area (Å²) in [6.07, 6.45) is 4.57. The van der Waals surface area contributed by atoms with Gasteiger partial charge in [-0.3, -0.25) is 19.5 Å². The smallest absolute Gasteiger partial charge is 0.188 e. The molecule has 0 unspecified atom stereocenters. The van der Waals surface area contributed by atoms with Crippen LogP contribution in [0.25, 0.3) is 0 Å². The summed E-state index contributed by atoms with van der Waals surface area (Å²) in [5.41, 5.74) is 1.08. The van der Waals surface area contributed by atoms with Crippen molar-refractivity contribution in [2.24, 2.45) is 0 Å². The number of carbonyl (C=O) groups is 1. The molecular weight excluding hydrogens is 336 g/mol. The molecule has 1 saturated carbocycles. The number of hydrogen-bond donors (Lipinski definition) is 1. The largest absolute Gasteiger partial charge is 0.377 e. The van der Waals surface area contributed by atoms with Crippen LogP contribution in [0.15, 0.2) is 0 Å². The lowest BCUT2D eigenvalue weighted by Crippen LogP contribution is -2.56. The molecule has 7 heteroatoms. The quantitative estimate of drug-likeness (QED) is 0.792. The predicted molar refractivity (Wildman–Crippen MR) is 97.9 cm³/mol. The Kier molecular flexibility index (Phi) is 5.20. The van der Waals surface area contributed by atoms with Crippen LogP contribution in [-0.4, -0.2) is 82.1 Å². The second kappa shape index (κ2) is 7.40. The maximum atomic E-state index is 11.5. The molecule has 0 amide bonds. The van der Waals surface area contributed by atoms with Crippen LogP contribution in [0.5, 0.6) is 0 Å².